The number of nitrogens with zero attached hydrogens (tertiary/aromatic N) is 2. The van der Waals surface area contributed by atoms with Crippen LogP contribution in [0.25, 0.3) is 16.8 Å². The Morgan fingerprint density at radius 3 is 2.18 bits per heavy atom. The zero-order chi connectivity index (χ0) is 15.7. The van der Waals surface area contributed by atoms with Crippen molar-refractivity contribution in [3.8, 4) is 22.6 Å². The first-order chi connectivity index (χ1) is 10.6. The molecular weight excluding hydrogens is 276 g/mol. The second-order valence-corrected chi connectivity index (χ2v) is 5.17. The molecule has 0 saturated heterocycles. The van der Waals surface area contributed by atoms with Gasteiger partial charge in [0.1, 0.15) is 5.75 Å². The fourth-order valence-corrected chi connectivity index (χ4v) is 2.66. The Morgan fingerprint density at radius 2 is 1.59 bits per heavy atom. The molecule has 1 aromatic heterocycles. The first-order valence-corrected chi connectivity index (χ1v) is 7.12. The number of hydrogen-bond donors (Lipinski definition) is 0. The summed E-state index contributed by atoms with van der Waals surface area (Å²) in [6.45, 7) is 1.96. The maximum atomic E-state index is 12.9. The first-order valence-electron chi connectivity index (χ1n) is 7.12. The molecule has 4 heteroatoms. The van der Waals surface area contributed by atoms with E-state index in [-0.39, 0.29) is 5.56 Å². The monoisotopic (exact) mass is 294 g/mol. The smallest absolute Gasteiger partial charge is 0.279 e. The molecule has 0 radical (unpaired) electrons. The minimum Gasteiger partial charge on any atom is -0.497 e. The van der Waals surface area contributed by atoms with Crippen molar-refractivity contribution >= 4 is 0 Å². The molecule has 1 heterocycles. The van der Waals surface area contributed by atoms with Crippen LogP contribution in [0.2, 0.25) is 0 Å². The quantitative estimate of drug-likeness (QED) is 0.744. The van der Waals surface area contributed by atoms with Gasteiger partial charge in [0, 0.05) is 12.7 Å². The van der Waals surface area contributed by atoms with E-state index >= 15 is 0 Å². The lowest BCUT2D eigenvalue weighted by molar-refractivity contribution is 0.414. The van der Waals surface area contributed by atoms with Gasteiger partial charge in [-0.3, -0.25) is 9.48 Å². The van der Waals surface area contributed by atoms with Crippen LogP contribution >= 0.6 is 0 Å². The number of rotatable bonds is 3. The molecule has 4 nitrogen and oxygen atoms in total. The van der Waals surface area contributed by atoms with E-state index in [1.807, 2.05) is 73.3 Å². The van der Waals surface area contributed by atoms with Gasteiger partial charge in [0.05, 0.1) is 18.4 Å². The molecule has 0 bridgehead atoms. The molecule has 2 aromatic carbocycles. The summed E-state index contributed by atoms with van der Waals surface area (Å²) in [5, 5.41) is 0. The summed E-state index contributed by atoms with van der Waals surface area (Å²) in [4.78, 5) is 12.9. The van der Waals surface area contributed by atoms with Gasteiger partial charge in [-0.25, -0.2) is 4.68 Å². The fraction of sp³-hybridized carbons (Fsp3) is 0.167. The van der Waals surface area contributed by atoms with Crippen molar-refractivity contribution in [2.45, 2.75) is 6.92 Å². The van der Waals surface area contributed by atoms with E-state index in [9.17, 15) is 4.79 Å². The van der Waals surface area contributed by atoms with Crippen molar-refractivity contribution in [1.82, 2.24) is 9.36 Å². The van der Waals surface area contributed by atoms with Crippen molar-refractivity contribution in [3.05, 3.63) is 70.6 Å². The average molecular weight is 294 g/mol. The van der Waals surface area contributed by atoms with Gasteiger partial charge in [0.2, 0.25) is 0 Å². The molecule has 3 rings (SSSR count). The largest absolute Gasteiger partial charge is 0.497 e. The Balaban J connectivity index is 2.20. The topological polar surface area (TPSA) is 36.2 Å². The van der Waals surface area contributed by atoms with E-state index < -0.39 is 0 Å². The van der Waals surface area contributed by atoms with E-state index in [4.69, 9.17) is 4.74 Å². The molecular formula is C18H18N2O2. The summed E-state index contributed by atoms with van der Waals surface area (Å²) in [6.07, 6.45) is 0. The number of ether oxygens (including phenoxy) is 1. The van der Waals surface area contributed by atoms with Crippen molar-refractivity contribution in [2.75, 3.05) is 7.11 Å². The zero-order valence-electron chi connectivity index (χ0n) is 12.9. The van der Waals surface area contributed by atoms with Crippen LogP contribution in [0.4, 0.5) is 0 Å². The highest BCUT2D eigenvalue weighted by molar-refractivity contribution is 5.65. The minimum atomic E-state index is -0.0173. The molecule has 0 fully saturated rings. The van der Waals surface area contributed by atoms with Crippen LogP contribution in [0.1, 0.15) is 5.69 Å². The van der Waals surface area contributed by atoms with Gasteiger partial charge in [-0.1, -0.05) is 30.3 Å². The molecule has 0 N–H and O–H groups in total. The fourth-order valence-electron chi connectivity index (χ4n) is 2.66. The molecule has 0 aliphatic heterocycles. The van der Waals surface area contributed by atoms with Gasteiger partial charge in [-0.2, -0.15) is 0 Å². The standard InChI is InChI=1S/C18H18N2O2/c1-13-17(14-7-5-4-6-8-14)18(21)20(19(13)2)15-9-11-16(22-3)12-10-15/h4-12H,1-3H3. The first kappa shape index (κ1) is 14.2. The minimum absolute atomic E-state index is 0.0173. The Labute approximate surface area is 129 Å². The van der Waals surface area contributed by atoms with Crippen LogP contribution in [-0.4, -0.2) is 16.5 Å². The highest BCUT2D eigenvalue weighted by atomic mass is 16.5. The van der Waals surface area contributed by atoms with Gasteiger partial charge in [-0.05, 0) is 36.8 Å². The molecule has 0 unspecified atom stereocenters. The lowest BCUT2D eigenvalue weighted by Crippen LogP contribution is -2.20. The third kappa shape index (κ3) is 2.22. The summed E-state index contributed by atoms with van der Waals surface area (Å²) in [6, 6.07) is 17.2. The van der Waals surface area contributed by atoms with E-state index in [0.29, 0.717) is 0 Å². The summed E-state index contributed by atoms with van der Waals surface area (Å²) < 4.78 is 8.73. The summed E-state index contributed by atoms with van der Waals surface area (Å²) in [7, 11) is 3.52. The molecule has 22 heavy (non-hydrogen) atoms. The predicted molar refractivity (Wildman–Crippen MR) is 87.7 cm³/mol. The maximum absolute atomic E-state index is 12.9. The van der Waals surface area contributed by atoms with Gasteiger partial charge in [0.25, 0.3) is 5.56 Å². The van der Waals surface area contributed by atoms with Crippen LogP contribution in [0, 0.1) is 6.92 Å². The van der Waals surface area contributed by atoms with Gasteiger partial charge < -0.3 is 4.74 Å². The lowest BCUT2D eigenvalue weighted by Gasteiger charge is -2.08. The van der Waals surface area contributed by atoms with Crippen LogP contribution in [0.5, 0.6) is 5.75 Å². The third-order valence-electron chi connectivity index (χ3n) is 3.93. The Morgan fingerprint density at radius 1 is 0.955 bits per heavy atom. The van der Waals surface area contributed by atoms with Gasteiger partial charge in [0.15, 0.2) is 0 Å². The van der Waals surface area contributed by atoms with E-state index in [1.54, 1.807) is 11.8 Å². The predicted octanol–water partition coefficient (Wildman–Crippen LogP) is 3.16. The molecule has 112 valence electrons. The van der Waals surface area contributed by atoms with Crippen LogP contribution in [0.15, 0.2) is 59.4 Å². The van der Waals surface area contributed by atoms with Crippen LogP contribution < -0.4 is 10.3 Å². The summed E-state index contributed by atoms with van der Waals surface area (Å²) >= 11 is 0. The highest BCUT2D eigenvalue weighted by Gasteiger charge is 2.17. The Kier molecular flexibility index (Phi) is 3.59. The summed E-state index contributed by atoms with van der Waals surface area (Å²) in [5.74, 6) is 0.769. The number of hydrogen-bond acceptors (Lipinski definition) is 2. The number of methoxy groups -OCH3 is 1. The molecule has 3 aromatic rings. The second kappa shape index (κ2) is 5.56. The van der Waals surface area contributed by atoms with E-state index in [1.165, 1.54) is 0 Å². The third-order valence-corrected chi connectivity index (χ3v) is 3.93. The SMILES string of the molecule is COc1ccc(-n2c(=O)c(-c3ccccc3)c(C)n2C)cc1. The van der Waals surface area contributed by atoms with E-state index in [0.717, 1.165) is 28.3 Å². The Bertz CT molecular complexity index is 843. The normalized spacial score (nSPS) is 10.7. The Hall–Kier alpha value is -2.75. The number of benzene rings is 2. The molecule has 0 saturated carbocycles. The lowest BCUT2D eigenvalue weighted by atomic mass is 10.1. The zero-order valence-corrected chi connectivity index (χ0v) is 12.9. The molecule has 0 aliphatic carbocycles. The second-order valence-electron chi connectivity index (χ2n) is 5.17. The maximum Gasteiger partial charge on any atom is 0.279 e. The van der Waals surface area contributed by atoms with E-state index in [2.05, 4.69) is 0 Å². The van der Waals surface area contributed by atoms with Crippen molar-refractivity contribution in [3.63, 3.8) is 0 Å². The highest BCUT2D eigenvalue weighted by Crippen LogP contribution is 2.22. The van der Waals surface area contributed by atoms with Crippen LogP contribution in [0.3, 0.4) is 0 Å². The molecule has 0 spiro atoms. The summed E-state index contributed by atoms with van der Waals surface area (Å²) in [5.41, 5.74) is 3.41. The van der Waals surface area contributed by atoms with Crippen molar-refractivity contribution in [1.29, 1.82) is 0 Å². The molecule has 0 atom stereocenters. The molecule has 0 aliphatic rings. The van der Waals surface area contributed by atoms with Crippen molar-refractivity contribution in [2.24, 2.45) is 7.05 Å². The van der Waals surface area contributed by atoms with Crippen molar-refractivity contribution < 1.29 is 4.74 Å². The van der Waals surface area contributed by atoms with Gasteiger partial charge >= 0.3 is 0 Å². The van der Waals surface area contributed by atoms with Crippen LogP contribution in [-0.2, 0) is 7.05 Å². The molecule has 0 amide bonds. The van der Waals surface area contributed by atoms with Gasteiger partial charge in [-0.15, -0.1) is 0 Å². The average Bonchev–Trinajstić information content (AvgIpc) is 2.78. The number of aromatic nitrogens is 2.